The van der Waals surface area contributed by atoms with E-state index in [1.807, 2.05) is 0 Å². The number of nitrogens with one attached hydrogen (secondary N) is 1. The zero-order valence-corrected chi connectivity index (χ0v) is 19.9. The number of ether oxygens (including phenoxy) is 3. The molecule has 10 heteroatoms. The SMILES string of the molecule is COc1cc(OC)c(OC)cc1CNC(=O)c1ccc(Cl)c(S(=O)(=O)N2CCCCC2)c1. The number of piperidine rings is 1. The Kier molecular flexibility index (Phi) is 7.86. The highest BCUT2D eigenvalue weighted by Gasteiger charge is 2.28. The van der Waals surface area contributed by atoms with Gasteiger partial charge in [0.15, 0.2) is 11.5 Å². The molecule has 0 radical (unpaired) electrons. The molecule has 1 N–H and O–H groups in total. The van der Waals surface area contributed by atoms with Crippen LogP contribution in [0.1, 0.15) is 35.2 Å². The number of carbonyl (C=O) groups excluding carboxylic acids is 1. The van der Waals surface area contributed by atoms with Gasteiger partial charge >= 0.3 is 0 Å². The molecule has 0 bridgehead atoms. The van der Waals surface area contributed by atoms with Crippen molar-refractivity contribution < 1.29 is 27.4 Å². The summed E-state index contributed by atoms with van der Waals surface area (Å²) >= 11 is 6.20. The van der Waals surface area contributed by atoms with E-state index in [2.05, 4.69) is 5.32 Å². The molecule has 1 aliphatic rings. The number of hydrogen-bond donors (Lipinski definition) is 1. The lowest BCUT2D eigenvalue weighted by Gasteiger charge is -2.26. The van der Waals surface area contributed by atoms with Gasteiger partial charge in [0, 0.05) is 36.8 Å². The van der Waals surface area contributed by atoms with Crippen LogP contribution in [0.25, 0.3) is 0 Å². The molecule has 1 heterocycles. The lowest BCUT2D eigenvalue weighted by atomic mass is 10.1. The lowest BCUT2D eigenvalue weighted by molar-refractivity contribution is 0.0950. The molecule has 0 aromatic heterocycles. The molecule has 3 rings (SSSR count). The van der Waals surface area contributed by atoms with E-state index in [0.717, 1.165) is 19.3 Å². The zero-order chi connectivity index (χ0) is 23.3. The minimum Gasteiger partial charge on any atom is -0.496 e. The Bertz CT molecular complexity index is 1080. The largest absolute Gasteiger partial charge is 0.496 e. The maximum absolute atomic E-state index is 13.0. The fourth-order valence-electron chi connectivity index (χ4n) is 3.59. The van der Waals surface area contributed by atoms with Crippen molar-refractivity contribution in [3.05, 3.63) is 46.5 Å². The van der Waals surface area contributed by atoms with E-state index in [1.54, 1.807) is 12.1 Å². The molecule has 0 aliphatic carbocycles. The normalized spacial score (nSPS) is 14.6. The topological polar surface area (TPSA) is 94.2 Å². The third-order valence-electron chi connectivity index (χ3n) is 5.35. The van der Waals surface area contributed by atoms with Crippen LogP contribution in [0.4, 0.5) is 0 Å². The summed E-state index contributed by atoms with van der Waals surface area (Å²) in [5, 5.41) is 2.88. The summed E-state index contributed by atoms with van der Waals surface area (Å²) in [5.41, 5.74) is 0.873. The van der Waals surface area contributed by atoms with Crippen LogP contribution in [-0.2, 0) is 16.6 Å². The second kappa shape index (κ2) is 10.4. The van der Waals surface area contributed by atoms with Gasteiger partial charge in [-0.3, -0.25) is 4.79 Å². The first kappa shape index (κ1) is 24.2. The fraction of sp³-hybridized carbons (Fsp3) is 0.409. The zero-order valence-electron chi connectivity index (χ0n) is 18.3. The van der Waals surface area contributed by atoms with Crippen LogP contribution in [0.3, 0.4) is 0 Å². The van der Waals surface area contributed by atoms with Crippen LogP contribution in [0.15, 0.2) is 35.2 Å². The predicted molar refractivity (Wildman–Crippen MR) is 121 cm³/mol. The van der Waals surface area contributed by atoms with Crippen LogP contribution in [0.5, 0.6) is 17.2 Å². The number of halogens is 1. The third kappa shape index (κ3) is 5.11. The maximum atomic E-state index is 13.0. The van der Waals surface area contributed by atoms with Crippen molar-refractivity contribution in [3.8, 4) is 17.2 Å². The highest BCUT2D eigenvalue weighted by molar-refractivity contribution is 7.89. The predicted octanol–water partition coefficient (Wildman–Crippen LogP) is 3.47. The summed E-state index contributed by atoms with van der Waals surface area (Å²) in [6, 6.07) is 7.65. The van der Waals surface area contributed by atoms with Crippen LogP contribution >= 0.6 is 11.6 Å². The molecule has 1 amide bonds. The highest BCUT2D eigenvalue weighted by atomic mass is 35.5. The molecule has 32 heavy (non-hydrogen) atoms. The lowest BCUT2D eigenvalue weighted by Crippen LogP contribution is -2.36. The first-order valence-electron chi connectivity index (χ1n) is 10.2. The Balaban J connectivity index is 1.81. The first-order chi connectivity index (χ1) is 15.3. The average molecular weight is 483 g/mol. The van der Waals surface area contributed by atoms with Gasteiger partial charge in [-0.25, -0.2) is 8.42 Å². The first-order valence-corrected chi connectivity index (χ1v) is 12.0. The number of methoxy groups -OCH3 is 3. The van der Waals surface area contributed by atoms with Crippen molar-refractivity contribution in [1.29, 1.82) is 0 Å². The molecule has 1 saturated heterocycles. The average Bonchev–Trinajstić information content (AvgIpc) is 2.82. The van der Waals surface area contributed by atoms with Gasteiger partial charge in [-0.1, -0.05) is 18.0 Å². The van der Waals surface area contributed by atoms with Gasteiger partial charge in [0.1, 0.15) is 10.6 Å². The maximum Gasteiger partial charge on any atom is 0.251 e. The van der Waals surface area contributed by atoms with E-state index < -0.39 is 15.9 Å². The number of sulfonamides is 1. The van der Waals surface area contributed by atoms with E-state index in [9.17, 15) is 13.2 Å². The summed E-state index contributed by atoms with van der Waals surface area (Å²) in [4.78, 5) is 12.7. The van der Waals surface area contributed by atoms with Crippen molar-refractivity contribution in [1.82, 2.24) is 9.62 Å². The van der Waals surface area contributed by atoms with Gasteiger partial charge in [0.05, 0.1) is 26.4 Å². The number of hydrogen-bond acceptors (Lipinski definition) is 6. The van der Waals surface area contributed by atoms with Crippen molar-refractivity contribution in [2.24, 2.45) is 0 Å². The minimum atomic E-state index is -3.77. The molecular weight excluding hydrogens is 456 g/mol. The number of carbonyl (C=O) groups is 1. The number of amides is 1. The molecule has 0 saturated carbocycles. The van der Waals surface area contributed by atoms with Gasteiger partial charge in [0.25, 0.3) is 5.91 Å². The van der Waals surface area contributed by atoms with E-state index in [4.69, 9.17) is 25.8 Å². The highest BCUT2D eigenvalue weighted by Crippen LogP contribution is 2.34. The molecule has 174 valence electrons. The van der Waals surface area contributed by atoms with Gasteiger partial charge in [-0.15, -0.1) is 0 Å². The number of benzene rings is 2. The molecule has 8 nitrogen and oxygen atoms in total. The summed E-state index contributed by atoms with van der Waals surface area (Å²) < 4.78 is 43.5. The number of nitrogens with zero attached hydrogens (tertiary/aromatic N) is 1. The number of rotatable bonds is 8. The van der Waals surface area contributed by atoms with E-state index in [1.165, 1.54) is 43.8 Å². The second-order valence-electron chi connectivity index (χ2n) is 7.31. The van der Waals surface area contributed by atoms with Crippen LogP contribution in [-0.4, -0.2) is 53.0 Å². The van der Waals surface area contributed by atoms with Crippen LogP contribution in [0.2, 0.25) is 5.02 Å². The minimum absolute atomic E-state index is 0.0580. The molecule has 0 atom stereocenters. The monoisotopic (exact) mass is 482 g/mol. The third-order valence-corrected chi connectivity index (χ3v) is 7.73. The summed E-state index contributed by atoms with van der Waals surface area (Å²) in [5.74, 6) is 1.09. The smallest absolute Gasteiger partial charge is 0.251 e. The molecular formula is C22H27ClN2O6S. The van der Waals surface area contributed by atoms with E-state index in [-0.39, 0.29) is 22.0 Å². The van der Waals surface area contributed by atoms with Gasteiger partial charge in [-0.2, -0.15) is 4.31 Å². The second-order valence-corrected chi connectivity index (χ2v) is 9.63. The molecule has 0 unspecified atom stereocenters. The summed E-state index contributed by atoms with van der Waals surface area (Å²) in [6.07, 6.45) is 2.62. The quantitative estimate of drug-likeness (QED) is 0.619. The molecule has 1 aliphatic heterocycles. The Morgan fingerprint density at radius 3 is 2.22 bits per heavy atom. The Hall–Kier alpha value is -2.49. The fourth-order valence-corrected chi connectivity index (χ4v) is 5.61. The summed E-state index contributed by atoms with van der Waals surface area (Å²) in [7, 11) is 0.786. The van der Waals surface area contributed by atoms with Crippen molar-refractivity contribution >= 4 is 27.5 Å². The Morgan fingerprint density at radius 1 is 0.969 bits per heavy atom. The van der Waals surface area contributed by atoms with Gasteiger partial charge in [-0.05, 0) is 37.1 Å². The van der Waals surface area contributed by atoms with Gasteiger partial charge in [0.2, 0.25) is 10.0 Å². The molecule has 2 aromatic rings. The Morgan fingerprint density at radius 2 is 1.59 bits per heavy atom. The Labute approximate surface area is 193 Å². The van der Waals surface area contributed by atoms with Gasteiger partial charge < -0.3 is 19.5 Å². The van der Waals surface area contributed by atoms with Crippen molar-refractivity contribution in [3.63, 3.8) is 0 Å². The van der Waals surface area contributed by atoms with Crippen LogP contribution in [0, 0.1) is 0 Å². The molecule has 2 aromatic carbocycles. The standard InChI is InChI=1S/C22H27ClN2O6S/c1-29-18-13-20(31-3)19(30-2)11-16(18)14-24-22(26)15-7-8-17(23)21(12-15)32(27,28)25-9-5-4-6-10-25/h7-8,11-13H,4-6,9-10,14H2,1-3H3,(H,24,26). The summed E-state index contributed by atoms with van der Waals surface area (Å²) in [6.45, 7) is 1.04. The van der Waals surface area contributed by atoms with Crippen LogP contribution < -0.4 is 19.5 Å². The van der Waals surface area contributed by atoms with Crippen molar-refractivity contribution in [2.75, 3.05) is 34.4 Å². The van der Waals surface area contributed by atoms with E-state index in [0.29, 0.717) is 35.9 Å². The molecule has 0 spiro atoms. The van der Waals surface area contributed by atoms with E-state index >= 15 is 0 Å². The molecule has 1 fully saturated rings. The van der Waals surface area contributed by atoms with Crippen molar-refractivity contribution in [2.45, 2.75) is 30.7 Å².